The Hall–Kier alpha value is -1.56. The van der Waals surface area contributed by atoms with Gasteiger partial charge in [0, 0.05) is 0 Å². The van der Waals surface area contributed by atoms with Gasteiger partial charge in [-0.1, -0.05) is 68.8 Å². The minimum atomic E-state index is 0.593. The lowest BCUT2D eigenvalue weighted by Gasteiger charge is -2.30. The van der Waals surface area contributed by atoms with Crippen molar-refractivity contribution in [3.63, 3.8) is 0 Å². The van der Waals surface area contributed by atoms with Crippen LogP contribution in [0.2, 0.25) is 0 Å². The molecular weight excluding hydrogens is 300 g/mol. The van der Waals surface area contributed by atoms with Gasteiger partial charge in [-0.2, -0.15) is 0 Å². The summed E-state index contributed by atoms with van der Waals surface area (Å²) in [6, 6.07) is 6.87. The van der Waals surface area contributed by atoms with Crippen molar-refractivity contribution < 1.29 is 0 Å². The van der Waals surface area contributed by atoms with Crippen LogP contribution in [0.1, 0.15) is 69.6 Å². The Bertz CT molecular complexity index is 631. The third kappa shape index (κ3) is 4.97. The Morgan fingerprint density at radius 1 is 1.28 bits per heavy atom. The van der Waals surface area contributed by atoms with Crippen molar-refractivity contribution in [2.75, 3.05) is 0 Å². The van der Waals surface area contributed by atoms with E-state index in [1.807, 2.05) is 0 Å². The van der Waals surface area contributed by atoms with Crippen molar-refractivity contribution in [2.24, 2.45) is 17.8 Å². The highest BCUT2D eigenvalue weighted by atomic mass is 14.3. The van der Waals surface area contributed by atoms with Crippen molar-refractivity contribution in [3.05, 3.63) is 65.8 Å². The summed E-state index contributed by atoms with van der Waals surface area (Å²) < 4.78 is 0. The summed E-state index contributed by atoms with van der Waals surface area (Å²) in [5.41, 5.74) is 7.24. The van der Waals surface area contributed by atoms with Gasteiger partial charge in [0.15, 0.2) is 0 Å². The summed E-state index contributed by atoms with van der Waals surface area (Å²) in [6.07, 6.45) is 11.7. The second kappa shape index (κ2) is 9.22. The summed E-state index contributed by atoms with van der Waals surface area (Å²) in [5.74, 6) is 1.88. The van der Waals surface area contributed by atoms with Crippen molar-refractivity contribution in [3.8, 4) is 0 Å². The first-order valence-electron chi connectivity index (χ1n) is 10.1. The molecule has 1 aliphatic carbocycles. The van der Waals surface area contributed by atoms with Crippen LogP contribution < -0.4 is 0 Å². The lowest BCUT2D eigenvalue weighted by Crippen LogP contribution is -2.16. The molecule has 1 aliphatic rings. The first kappa shape index (κ1) is 19.8. The summed E-state index contributed by atoms with van der Waals surface area (Å²) in [4.78, 5) is 0. The van der Waals surface area contributed by atoms with Gasteiger partial charge in [0.05, 0.1) is 0 Å². The summed E-state index contributed by atoms with van der Waals surface area (Å²) in [7, 11) is 0. The molecule has 0 saturated heterocycles. The van der Waals surface area contributed by atoms with Crippen molar-refractivity contribution in [1.82, 2.24) is 0 Å². The third-order valence-corrected chi connectivity index (χ3v) is 6.04. The number of hydrogen-bond donors (Lipinski definition) is 0. The van der Waals surface area contributed by atoms with Crippen LogP contribution in [0.5, 0.6) is 0 Å². The number of rotatable bonds is 8. The van der Waals surface area contributed by atoms with E-state index in [1.54, 1.807) is 5.57 Å². The molecule has 0 aliphatic heterocycles. The fraction of sp³-hybridized carbons (Fsp3) is 0.520. The lowest BCUT2D eigenvalue weighted by molar-refractivity contribution is 0.518. The molecule has 0 bridgehead atoms. The zero-order chi connectivity index (χ0) is 18.4. The number of allylic oxidation sites excluding steroid dienone is 4. The van der Waals surface area contributed by atoms with Gasteiger partial charge in [0.1, 0.15) is 0 Å². The first-order chi connectivity index (χ1) is 12.0. The number of hydrogen-bond acceptors (Lipinski definition) is 0. The second-order valence-corrected chi connectivity index (χ2v) is 7.87. The number of fused-ring (bicyclic) bond motifs is 1. The Balaban J connectivity index is 2.23. The topological polar surface area (TPSA) is 0 Å². The predicted octanol–water partition coefficient (Wildman–Crippen LogP) is 7.54. The van der Waals surface area contributed by atoms with Gasteiger partial charge in [-0.05, 0) is 79.9 Å². The normalized spacial score (nSPS) is 20.1. The van der Waals surface area contributed by atoms with Crippen LogP contribution in [-0.4, -0.2) is 0 Å². The minimum absolute atomic E-state index is 0.593. The second-order valence-electron chi connectivity index (χ2n) is 7.87. The van der Waals surface area contributed by atoms with Crippen LogP contribution in [0, 0.1) is 24.7 Å². The van der Waals surface area contributed by atoms with Gasteiger partial charge in [-0.15, -0.1) is 6.58 Å². The van der Waals surface area contributed by atoms with Crippen LogP contribution in [0.25, 0.3) is 5.57 Å². The zero-order valence-electron chi connectivity index (χ0n) is 16.8. The molecule has 1 aromatic rings. The van der Waals surface area contributed by atoms with E-state index in [9.17, 15) is 0 Å². The van der Waals surface area contributed by atoms with Gasteiger partial charge < -0.3 is 0 Å². The van der Waals surface area contributed by atoms with Crippen molar-refractivity contribution in [2.45, 2.75) is 66.2 Å². The van der Waals surface area contributed by atoms with Gasteiger partial charge in [0.2, 0.25) is 0 Å². The van der Waals surface area contributed by atoms with E-state index >= 15 is 0 Å². The van der Waals surface area contributed by atoms with E-state index in [2.05, 4.69) is 71.2 Å². The Morgan fingerprint density at radius 3 is 2.68 bits per heavy atom. The highest BCUT2D eigenvalue weighted by Gasteiger charge is 2.24. The van der Waals surface area contributed by atoms with E-state index < -0.39 is 0 Å². The summed E-state index contributed by atoms with van der Waals surface area (Å²) in [5, 5.41) is 0. The molecule has 3 unspecified atom stereocenters. The molecular formula is C25H36. The molecule has 0 radical (unpaired) electrons. The van der Waals surface area contributed by atoms with E-state index in [-0.39, 0.29) is 0 Å². The molecule has 136 valence electrons. The third-order valence-electron chi connectivity index (χ3n) is 6.04. The molecule has 0 spiro atoms. The number of aryl methyl sites for hydroxylation is 2. The number of benzene rings is 1. The molecule has 0 amide bonds. The van der Waals surface area contributed by atoms with E-state index in [4.69, 9.17) is 0 Å². The van der Waals surface area contributed by atoms with Crippen LogP contribution in [0.15, 0.2) is 49.1 Å². The molecule has 0 N–H and O–H groups in total. The van der Waals surface area contributed by atoms with E-state index in [0.29, 0.717) is 17.8 Å². The lowest BCUT2D eigenvalue weighted by atomic mass is 9.75. The molecule has 0 aromatic heterocycles. The zero-order valence-corrected chi connectivity index (χ0v) is 16.8. The maximum absolute atomic E-state index is 4.51. The Labute approximate surface area is 155 Å². The molecule has 2 rings (SSSR count). The van der Waals surface area contributed by atoms with Gasteiger partial charge >= 0.3 is 0 Å². The van der Waals surface area contributed by atoms with Crippen LogP contribution in [0.4, 0.5) is 0 Å². The van der Waals surface area contributed by atoms with Gasteiger partial charge in [0.25, 0.3) is 0 Å². The Kier molecular flexibility index (Phi) is 7.29. The molecule has 3 atom stereocenters. The summed E-state index contributed by atoms with van der Waals surface area (Å²) in [6.45, 7) is 17.6. The molecule has 25 heavy (non-hydrogen) atoms. The molecule has 0 fully saturated rings. The van der Waals surface area contributed by atoms with Crippen molar-refractivity contribution in [1.29, 1.82) is 0 Å². The molecule has 0 heterocycles. The first-order valence-corrected chi connectivity index (χ1v) is 10.1. The van der Waals surface area contributed by atoms with Crippen molar-refractivity contribution >= 4 is 5.57 Å². The molecule has 0 nitrogen and oxygen atoms in total. The maximum Gasteiger partial charge on any atom is -0.0121 e. The van der Waals surface area contributed by atoms with Crippen LogP contribution in [-0.2, 0) is 6.42 Å². The van der Waals surface area contributed by atoms with Gasteiger partial charge in [-0.3, -0.25) is 0 Å². The quantitative estimate of drug-likeness (QED) is 0.430. The molecule has 0 heteroatoms. The summed E-state index contributed by atoms with van der Waals surface area (Å²) >= 11 is 0. The highest BCUT2D eigenvalue weighted by molar-refractivity contribution is 5.70. The monoisotopic (exact) mass is 336 g/mol. The van der Waals surface area contributed by atoms with Crippen LogP contribution >= 0.6 is 0 Å². The molecule has 0 saturated carbocycles. The average Bonchev–Trinajstić information content (AvgIpc) is 2.62. The SMILES string of the molecule is C=CCC(C=C(CC1CCc2ccc(C)cc2C1=C)C(C)CC)CC. The van der Waals surface area contributed by atoms with E-state index in [0.717, 1.165) is 6.42 Å². The van der Waals surface area contributed by atoms with Crippen LogP contribution in [0.3, 0.4) is 0 Å². The predicted molar refractivity (Wildman–Crippen MR) is 113 cm³/mol. The smallest absolute Gasteiger partial charge is 0.0121 e. The van der Waals surface area contributed by atoms with Gasteiger partial charge in [-0.25, -0.2) is 0 Å². The molecule has 1 aromatic carbocycles. The maximum atomic E-state index is 4.51. The highest BCUT2D eigenvalue weighted by Crippen LogP contribution is 2.40. The fourth-order valence-corrected chi connectivity index (χ4v) is 4.01. The largest absolute Gasteiger partial charge is 0.103 e. The van der Waals surface area contributed by atoms with E-state index in [1.165, 1.54) is 54.4 Å². The Morgan fingerprint density at radius 2 is 2.04 bits per heavy atom. The minimum Gasteiger partial charge on any atom is -0.103 e. The average molecular weight is 337 g/mol. The standard InChI is InChI=1S/C25H36/c1-7-10-21(9-3)16-24(19(5)8-2)17-23-14-13-22-12-11-18(4)15-25(22)20(23)6/h7,11-12,15-16,19,21,23H,1,6,8-10,13-14,17H2,2-5H3. The fourth-order valence-electron chi connectivity index (χ4n) is 4.01.